The van der Waals surface area contributed by atoms with Crippen LogP contribution in [-0.2, 0) is 20.7 Å². The molecule has 0 aliphatic rings. The van der Waals surface area contributed by atoms with E-state index in [2.05, 4.69) is 10.4 Å². The Hall–Kier alpha value is -3.20. The number of rotatable bonds is 10. The fourth-order valence-corrected chi connectivity index (χ4v) is 5.00. The Morgan fingerprint density at radius 3 is 2.42 bits per heavy atom. The van der Waals surface area contributed by atoms with E-state index in [0.29, 0.717) is 34.2 Å². The molecule has 2 heterocycles. The van der Waals surface area contributed by atoms with E-state index in [0.717, 1.165) is 12.0 Å². The Bertz CT molecular complexity index is 1300. The Morgan fingerprint density at radius 1 is 1.08 bits per heavy atom. The van der Waals surface area contributed by atoms with Gasteiger partial charge in [0.2, 0.25) is 5.91 Å². The van der Waals surface area contributed by atoms with Crippen LogP contribution in [-0.4, -0.2) is 27.1 Å². The number of nitrogens with zero attached hydrogens (tertiary/aromatic N) is 1. The van der Waals surface area contributed by atoms with Gasteiger partial charge in [-0.15, -0.1) is 11.3 Å². The molecule has 0 radical (unpaired) electrons. The number of nitrogens with one attached hydrogen (secondary N) is 2. The van der Waals surface area contributed by atoms with Crippen LogP contribution in [0.2, 0.25) is 0 Å². The van der Waals surface area contributed by atoms with E-state index in [1.54, 1.807) is 32.2 Å². The van der Waals surface area contributed by atoms with Crippen molar-refractivity contribution in [1.82, 2.24) is 9.66 Å². The first-order valence-electron chi connectivity index (χ1n) is 12.3. The molecule has 2 N–H and O–H groups in total. The highest BCUT2D eigenvalue weighted by Gasteiger charge is 2.37. The molecule has 194 valence electrons. The van der Waals surface area contributed by atoms with Crippen LogP contribution in [0.1, 0.15) is 59.4 Å². The molecule has 0 unspecified atom stereocenters. The second-order valence-corrected chi connectivity index (χ2v) is 11.4. The summed E-state index contributed by atoms with van der Waals surface area (Å²) in [5.41, 5.74) is 2.01. The highest BCUT2D eigenvalue weighted by Crippen LogP contribution is 2.29. The number of aromatic nitrogens is 2. The van der Waals surface area contributed by atoms with Crippen LogP contribution in [0, 0.1) is 17.8 Å². The average molecular weight is 514 g/mol. The minimum atomic E-state index is -0.777. The number of amides is 1. The van der Waals surface area contributed by atoms with Crippen LogP contribution in [0.4, 0.5) is 0 Å². The summed E-state index contributed by atoms with van der Waals surface area (Å²) in [6, 6.07) is 11.6. The first kappa shape index (κ1) is 27.4. The predicted molar refractivity (Wildman–Crippen MR) is 143 cm³/mol. The molecular formula is C27H35N3O5S. The molecule has 3 aromatic rings. The number of H-pyrrole nitrogens is 1. The van der Waals surface area contributed by atoms with Gasteiger partial charge in [-0.25, -0.2) is 4.79 Å². The van der Waals surface area contributed by atoms with Crippen molar-refractivity contribution < 1.29 is 14.3 Å². The number of aryl methyl sites for hydroxylation is 1. The summed E-state index contributed by atoms with van der Waals surface area (Å²) in [4.78, 5) is 54.9. The van der Waals surface area contributed by atoms with Crippen molar-refractivity contribution in [3.8, 4) is 0 Å². The molecular weight excluding hydrogens is 478 g/mol. The number of hydrogen-bond acceptors (Lipinski definition) is 6. The number of aromatic amines is 1. The number of esters is 1. The molecule has 9 heteroatoms. The molecule has 8 nitrogen and oxygen atoms in total. The van der Waals surface area contributed by atoms with E-state index < -0.39 is 40.6 Å². The largest absolute Gasteiger partial charge is 0.460 e. The summed E-state index contributed by atoms with van der Waals surface area (Å²) in [6.45, 7) is 9.30. The van der Waals surface area contributed by atoms with Gasteiger partial charge in [-0.2, -0.15) is 4.68 Å². The molecule has 2 aromatic heterocycles. The van der Waals surface area contributed by atoms with Gasteiger partial charge in [0.15, 0.2) is 0 Å². The van der Waals surface area contributed by atoms with E-state index >= 15 is 0 Å². The minimum Gasteiger partial charge on any atom is -0.460 e. The van der Waals surface area contributed by atoms with E-state index in [1.807, 2.05) is 44.2 Å². The predicted octanol–water partition coefficient (Wildman–Crippen LogP) is 4.46. The molecule has 1 amide bonds. The van der Waals surface area contributed by atoms with Crippen molar-refractivity contribution in [2.24, 2.45) is 17.8 Å². The third-order valence-electron chi connectivity index (χ3n) is 5.81. The molecule has 1 aromatic carbocycles. The summed E-state index contributed by atoms with van der Waals surface area (Å²) >= 11 is 1.18. The van der Waals surface area contributed by atoms with Crippen LogP contribution in [0.3, 0.4) is 0 Å². The highest BCUT2D eigenvalue weighted by molar-refractivity contribution is 7.17. The third kappa shape index (κ3) is 7.16. The summed E-state index contributed by atoms with van der Waals surface area (Å²) in [7, 11) is 0. The number of benzene rings is 1. The van der Waals surface area contributed by atoms with Crippen molar-refractivity contribution >= 4 is 33.4 Å². The number of hydrogen-bond donors (Lipinski definition) is 2. The van der Waals surface area contributed by atoms with Gasteiger partial charge in [-0.1, -0.05) is 44.2 Å². The van der Waals surface area contributed by atoms with Gasteiger partial charge in [-0.3, -0.25) is 19.8 Å². The van der Waals surface area contributed by atoms with E-state index in [4.69, 9.17) is 4.74 Å². The molecule has 0 fully saturated rings. The maximum atomic E-state index is 13.5. The van der Waals surface area contributed by atoms with Gasteiger partial charge in [0.05, 0.1) is 17.4 Å². The van der Waals surface area contributed by atoms with Crippen LogP contribution >= 0.6 is 11.3 Å². The number of thiophene rings is 1. The standard InChI is InChI=1S/C27H35N3O5S/c1-17(2)16-20(23(31)29-30-24(32)22-21(14-15-36-22)28-26(30)34)19(25(33)35-27(3,4)5)13-9-12-18-10-7-6-8-11-18/h6-8,10-11,14-15,17,19-20H,9,12-13,16H2,1-5H3,(H,28,34)(H,29,31)/t19-,20+/m0/s1. The molecule has 0 saturated heterocycles. The van der Waals surface area contributed by atoms with E-state index in [9.17, 15) is 19.2 Å². The molecule has 36 heavy (non-hydrogen) atoms. The molecule has 0 spiro atoms. The maximum Gasteiger partial charge on any atom is 0.348 e. The second-order valence-electron chi connectivity index (χ2n) is 10.5. The zero-order chi connectivity index (χ0) is 26.5. The number of carbonyl (C=O) groups is 2. The third-order valence-corrected chi connectivity index (χ3v) is 6.71. The maximum absolute atomic E-state index is 13.5. The van der Waals surface area contributed by atoms with Gasteiger partial charge in [-0.05, 0) is 69.4 Å². The van der Waals surface area contributed by atoms with Crippen molar-refractivity contribution in [1.29, 1.82) is 0 Å². The van der Waals surface area contributed by atoms with Crippen LogP contribution in [0.25, 0.3) is 10.2 Å². The quantitative estimate of drug-likeness (QED) is 0.389. The fourth-order valence-electron chi connectivity index (χ4n) is 4.23. The summed E-state index contributed by atoms with van der Waals surface area (Å²) in [5.74, 6) is -2.42. The van der Waals surface area contributed by atoms with Gasteiger partial charge >= 0.3 is 11.7 Å². The molecule has 0 bridgehead atoms. The monoisotopic (exact) mass is 513 g/mol. The first-order valence-corrected chi connectivity index (χ1v) is 13.1. The molecule has 0 aliphatic carbocycles. The molecule has 3 rings (SSSR count). The zero-order valence-electron chi connectivity index (χ0n) is 21.5. The number of ether oxygens (including phenoxy) is 1. The van der Waals surface area contributed by atoms with Crippen molar-refractivity contribution in [2.75, 3.05) is 5.43 Å². The Labute approximate surface area is 214 Å². The minimum absolute atomic E-state index is 0.0922. The summed E-state index contributed by atoms with van der Waals surface area (Å²) in [6.07, 6.45) is 2.26. The van der Waals surface area contributed by atoms with Gasteiger partial charge in [0.1, 0.15) is 10.3 Å². The lowest BCUT2D eigenvalue weighted by atomic mass is 9.81. The Morgan fingerprint density at radius 2 is 1.78 bits per heavy atom. The highest BCUT2D eigenvalue weighted by atomic mass is 32.1. The van der Waals surface area contributed by atoms with Crippen LogP contribution in [0.15, 0.2) is 51.4 Å². The lowest BCUT2D eigenvalue weighted by Gasteiger charge is -2.29. The van der Waals surface area contributed by atoms with Crippen molar-refractivity contribution in [2.45, 2.75) is 65.9 Å². The average Bonchev–Trinajstić information content (AvgIpc) is 3.26. The number of fused-ring (bicyclic) bond motifs is 1. The first-order chi connectivity index (χ1) is 17.0. The van der Waals surface area contributed by atoms with Crippen molar-refractivity contribution in [3.05, 3.63) is 68.2 Å². The SMILES string of the molecule is CC(C)C[C@@H](C(=O)Nn1c(=O)[nH]c2ccsc2c1=O)[C@H](CCCc1ccccc1)C(=O)OC(C)(C)C. The lowest BCUT2D eigenvalue weighted by molar-refractivity contribution is -0.164. The summed E-state index contributed by atoms with van der Waals surface area (Å²) < 4.78 is 6.74. The van der Waals surface area contributed by atoms with Crippen LogP contribution in [0.5, 0.6) is 0 Å². The summed E-state index contributed by atoms with van der Waals surface area (Å²) in [5, 5.41) is 1.70. The molecule has 2 atom stereocenters. The lowest BCUT2D eigenvalue weighted by Crippen LogP contribution is -2.47. The molecule has 0 saturated carbocycles. The normalized spacial score (nSPS) is 13.5. The van der Waals surface area contributed by atoms with Crippen LogP contribution < -0.4 is 16.7 Å². The Kier molecular flexibility index (Phi) is 8.89. The fraction of sp³-hybridized carbons (Fsp3) is 0.481. The topological polar surface area (TPSA) is 110 Å². The molecule has 0 aliphatic heterocycles. The van der Waals surface area contributed by atoms with E-state index in [-0.39, 0.29) is 5.92 Å². The van der Waals surface area contributed by atoms with Gasteiger partial charge < -0.3 is 9.72 Å². The van der Waals surface area contributed by atoms with E-state index in [1.165, 1.54) is 11.3 Å². The Balaban J connectivity index is 1.90. The van der Waals surface area contributed by atoms with Gasteiger partial charge in [0.25, 0.3) is 5.56 Å². The number of carbonyl (C=O) groups excluding carboxylic acids is 2. The zero-order valence-corrected chi connectivity index (χ0v) is 22.3. The van der Waals surface area contributed by atoms with Crippen molar-refractivity contribution in [3.63, 3.8) is 0 Å². The smallest absolute Gasteiger partial charge is 0.348 e. The van der Waals surface area contributed by atoms with Gasteiger partial charge in [0, 0.05) is 0 Å². The second kappa shape index (κ2) is 11.7.